The number of rotatable bonds is 4. The minimum atomic E-state index is 0.770. The summed E-state index contributed by atoms with van der Waals surface area (Å²) in [6.07, 6.45) is 4.60. The van der Waals surface area contributed by atoms with Gasteiger partial charge in [-0.25, -0.2) is 9.97 Å². The molecule has 0 unspecified atom stereocenters. The molecule has 4 nitrogen and oxygen atoms in total. The van der Waals surface area contributed by atoms with E-state index in [0.717, 1.165) is 30.7 Å². The van der Waals surface area contributed by atoms with Crippen LogP contribution in [0.1, 0.15) is 6.42 Å². The third kappa shape index (κ3) is 1.75. The second-order valence-electron chi connectivity index (χ2n) is 3.13. The highest BCUT2D eigenvalue weighted by Gasteiger charge is 2.01. The first-order valence-electron chi connectivity index (χ1n) is 4.66. The average molecular weight is 191 g/mol. The number of pyridine rings is 1. The Hall–Kier alpha value is -1.42. The predicted molar refractivity (Wildman–Crippen MR) is 54.0 cm³/mol. The van der Waals surface area contributed by atoms with Gasteiger partial charge in [0.2, 0.25) is 0 Å². The smallest absolute Gasteiger partial charge is 0.159 e. The molecule has 2 aromatic rings. The van der Waals surface area contributed by atoms with E-state index in [1.165, 1.54) is 0 Å². The molecule has 74 valence electrons. The Morgan fingerprint density at radius 2 is 2.36 bits per heavy atom. The third-order valence-electron chi connectivity index (χ3n) is 2.12. The zero-order chi connectivity index (χ0) is 9.80. The molecule has 2 heterocycles. The van der Waals surface area contributed by atoms with Crippen LogP contribution in [0.5, 0.6) is 0 Å². The van der Waals surface area contributed by atoms with E-state index in [-0.39, 0.29) is 0 Å². The molecule has 0 aromatic carbocycles. The second kappa shape index (κ2) is 4.19. The van der Waals surface area contributed by atoms with Crippen LogP contribution in [0.2, 0.25) is 0 Å². The Morgan fingerprint density at radius 1 is 1.43 bits per heavy atom. The Bertz CT molecular complexity index is 410. The van der Waals surface area contributed by atoms with E-state index in [2.05, 4.69) is 9.97 Å². The number of fused-ring (bicyclic) bond motifs is 1. The van der Waals surface area contributed by atoms with Gasteiger partial charge in [0.05, 0.1) is 6.33 Å². The Labute approximate surface area is 82.5 Å². The first-order chi connectivity index (χ1) is 6.92. The third-order valence-corrected chi connectivity index (χ3v) is 2.12. The van der Waals surface area contributed by atoms with Crippen molar-refractivity contribution in [2.24, 2.45) is 0 Å². The van der Waals surface area contributed by atoms with Gasteiger partial charge in [-0.2, -0.15) is 0 Å². The zero-order valence-electron chi connectivity index (χ0n) is 8.18. The number of methoxy groups -OCH3 is 1. The van der Waals surface area contributed by atoms with E-state index in [4.69, 9.17) is 4.74 Å². The van der Waals surface area contributed by atoms with Gasteiger partial charge in [-0.1, -0.05) is 0 Å². The first kappa shape index (κ1) is 9.15. The molecule has 0 atom stereocenters. The van der Waals surface area contributed by atoms with Crippen molar-refractivity contribution in [1.82, 2.24) is 14.5 Å². The van der Waals surface area contributed by atoms with E-state index in [1.807, 2.05) is 23.0 Å². The monoisotopic (exact) mass is 191 g/mol. The number of hydrogen-bond donors (Lipinski definition) is 0. The number of ether oxygens (including phenoxy) is 1. The summed E-state index contributed by atoms with van der Waals surface area (Å²) in [5.41, 5.74) is 1.90. The molecule has 0 aliphatic carbocycles. The van der Waals surface area contributed by atoms with Gasteiger partial charge in [-0.05, 0) is 18.6 Å². The summed E-state index contributed by atoms with van der Waals surface area (Å²) < 4.78 is 7.05. The van der Waals surface area contributed by atoms with Crippen molar-refractivity contribution in [3.63, 3.8) is 0 Å². The number of hydrogen-bond acceptors (Lipinski definition) is 3. The van der Waals surface area contributed by atoms with Gasteiger partial charge in [0.25, 0.3) is 0 Å². The van der Waals surface area contributed by atoms with Crippen LogP contribution in [0.15, 0.2) is 24.7 Å². The number of aryl methyl sites for hydroxylation is 1. The van der Waals surface area contributed by atoms with Crippen LogP contribution in [-0.2, 0) is 11.3 Å². The molecule has 0 saturated carbocycles. The lowest BCUT2D eigenvalue weighted by Crippen LogP contribution is -2.00. The topological polar surface area (TPSA) is 39.9 Å². The molecule has 0 fully saturated rings. The normalized spacial score (nSPS) is 10.9. The molecule has 0 amide bonds. The van der Waals surface area contributed by atoms with Crippen LogP contribution < -0.4 is 0 Å². The van der Waals surface area contributed by atoms with E-state index in [1.54, 1.807) is 13.3 Å². The van der Waals surface area contributed by atoms with Gasteiger partial charge < -0.3 is 9.30 Å². The molecule has 0 aliphatic heterocycles. The molecule has 4 heteroatoms. The molecule has 0 N–H and O–H groups in total. The van der Waals surface area contributed by atoms with Crippen LogP contribution in [-0.4, -0.2) is 28.3 Å². The van der Waals surface area contributed by atoms with Crippen LogP contribution in [0, 0.1) is 0 Å². The second-order valence-corrected chi connectivity index (χ2v) is 3.13. The van der Waals surface area contributed by atoms with Crippen molar-refractivity contribution in [2.75, 3.05) is 13.7 Å². The largest absolute Gasteiger partial charge is 0.385 e. The van der Waals surface area contributed by atoms with Gasteiger partial charge in [-0.3, -0.25) is 0 Å². The van der Waals surface area contributed by atoms with Crippen molar-refractivity contribution < 1.29 is 4.74 Å². The van der Waals surface area contributed by atoms with E-state index >= 15 is 0 Å². The molecule has 14 heavy (non-hydrogen) atoms. The Kier molecular flexibility index (Phi) is 2.74. The fraction of sp³-hybridized carbons (Fsp3) is 0.400. The molecule has 2 aromatic heterocycles. The molecule has 2 rings (SSSR count). The minimum absolute atomic E-state index is 0.770. The van der Waals surface area contributed by atoms with Crippen LogP contribution in [0.3, 0.4) is 0 Å². The number of aromatic nitrogens is 3. The zero-order valence-corrected chi connectivity index (χ0v) is 8.18. The van der Waals surface area contributed by atoms with Crippen molar-refractivity contribution in [3.8, 4) is 0 Å². The Balaban J connectivity index is 2.17. The van der Waals surface area contributed by atoms with Gasteiger partial charge >= 0.3 is 0 Å². The maximum absolute atomic E-state index is 5.00. The van der Waals surface area contributed by atoms with Crippen molar-refractivity contribution in [1.29, 1.82) is 0 Å². The molecular formula is C10H13N3O. The summed E-state index contributed by atoms with van der Waals surface area (Å²) in [4.78, 5) is 8.54. The molecule has 0 aliphatic rings. The van der Waals surface area contributed by atoms with Crippen molar-refractivity contribution in [2.45, 2.75) is 13.0 Å². The summed E-state index contributed by atoms with van der Waals surface area (Å²) >= 11 is 0. The molecular weight excluding hydrogens is 178 g/mol. The van der Waals surface area contributed by atoms with E-state index in [9.17, 15) is 0 Å². The van der Waals surface area contributed by atoms with Gasteiger partial charge in [0, 0.05) is 26.5 Å². The highest BCUT2D eigenvalue weighted by Crippen LogP contribution is 2.08. The summed E-state index contributed by atoms with van der Waals surface area (Å²) in [5.74, 6) is 0. The highest BCUT2D eigenvalue weighted by molar-refractivity contribution is 5.69. The minimum Gasteiger partial charge on any atom is -0.385 e. The standard InChI is InChI=1S/C10H13N3O/c1-14-7-3-6-13-8-12-9-4-2-5-11-10(9)13/h2,4-5,8H,3,6-7H2,1H3. The van der Waals surface area contributed by atoms with Gasteiger partial charge in [0.1, 0.15) is 5.52 Å². The SMILES string of the molecule is COCCCn1cnc2cccnc21. The fourth-order valence-corrected chi connectivity index (χ4v) is 1.44. The van der Waals surface area contributed by atoms with E-state index < -0.39 is 0 Å². The lowest BCUT2D eigenvalue weighted by molar-refractivity contribution is 0.190. The van der Waals surface area contributed by atoms with Gasteiger partial charge in [0.15, 0.2) is 5.65 Å². The molecule has 0 spiro atoms. The van der Waals surface area contributed by atoms with E-state index in [0.29, 0.717) is 0 Å². The van der Waals surface area contributed by atoms with Crippen molar-refractivity contribution in [3.05, 3.63) is 24.7 Å². The first-order valence-corrected chi connectivity index (χ1v) is 4.66. The highest BCUT2D eigenvalue weighted by atomic mass is 16.5. The van der Waals surface area contributed by atoms with Crippen LogP contribution in [0.4, 0.5) is 0 Å². The average Bonchev–Trinajstić information content (AvgIpc) is 2.63. The summed E-state index contributed by atoms with van der Waals surface area (Å²) in [5, 5.41) is 0. The van der Waals surface area contributed by atoms with Crippen LogP contribution >= 0.6 is 0 Å². The Morgan fingerprint density at radius 3 is 3.21 bits per heavy atom. The predicted octanol–water partition coefficient (Wildman–Crippen LogP) is 1.47. The fourth-order valence-electron chi connectivity index (χ4n) is 1.44. The maximum atomic E-state index is 5.00. The maximum Gasteiger partial charge on any atom is 0.159 e. The molecule has 0 saturated heterocycles. The van der Waals surface area contributed by atoms with Gasteiger partial charge in [-0.15, -0.1) is 0 Å². The quantitative estimate of drug-likeness (QED) is 0.687. The lowest BCUT2D eigenvalue weighted by atomic mass is 10.4. The summed E-state index contributed by atoms with van der Waals surface area (Å²) in [6, 6.07) is 3.87. The van der Waals surface area contributed by atoms with Crippen molar-refractivity contribution >= 4 is 11.2 Å². The molecule has 0 bridgehead atoms. The van der Waals surface area contributed by atoms with Crippen LogP contribution in [0.25, 0.3) is 11.2 Å². The lowest BCUT2D eigenvalue weighted by Gasteiger charge is -2.01. The summed E-state index contributed by atoms with van der Waals surface area (Å²) in [7, 11) is 1.71. The number of imidazole rings is 1. The number of nitrogens with zero attached hydrogens (tertiary/aromatic N) is 3. The summed E-state index contributed by atoms with van der Waals surface area (Å²) in [6.45, 7) is 1.67. The molecule has 0 radical (unpaired) electrons.